The van der Waals surface area contributed by atoms with Crippen LogP contribution in [0.15, 0.2) is 47.6 Å². The number of para-hydroxylation sites is 1. The number of nitro benzene ring substituents is 1. The molecule has 0 aliphatic rings. The van der Waals surface area contributed by atoms with Crippen LogP contribution in [0, 0.1) is 10.1 Å². The zero-order valence-electron chi connectivity index (χ0n) is 12.3. The van der Waals surface area contributed by atoms with Gasteiger partial charge in [-0.25, -0.2) is 5.43 Å². The van der Waals surface area contributed by atoms with Crippen LogP contribution in [0.1, 0.15) is 21.5 Å². The van der Waals surface area contributed by atoms with Gasteiger partial charge in [-0.1, -0.05) is 12.1 Å². The molecule has 0 saturated heterocycles. The number of nitrogens with zero attached hydrogens (tertiary/aromatic N) is 2. The Morgan fingerprint density at radius 1 is 1.24 bits per heavy atom. The predicted molar refractivity (Wildman–Crippen MR) is 81.3 cm³/mol. The Hall–Kier alpha value is -3.43. The van der Waals surface area contributed by atoms with Crippen LogP contribution in [-0.2, 0) is 6.18 Å². The van der Waals surface area contributed by atoms with Gasteiger partial charge in [0, 0.05) is 23.3 Å². The zero-order valence-corrected chi connectivity index (χ0v) is 12.3. The van der Waals surface area contributed by atoms with E-state index in [0.29, 0.717) is 6.07 Å². The molecule has 7 nitrogen and oxygen atoms in total. The number of halogens is 3. The molecule has 0 aromatic heterocycles. The van der Waals surface area contributed by atoms with Gasteiger partial charge in [0.05, 0.1) is 16.7 Å². The third kappa shape index (κ3) is 4.31. The fourth-order valence-electron chi connectivity index (χ4n) is 1.88. The van der Waals surface area contributed by atoms with Gasteiger partial charge >= 0.3 is 6.18 Å². The Morgan fingerprint density at radius 3 is 2.56 bits per heavy atom. The fraction of sp³-hybridized carbons (Fsp3) is 0.0667. The number of carbonyl (C=O) groups is 1. The molecule has 0 aliphatic heterocycles. The lowest BCUT2D eigenvalue weighted by Gasteiger charge is -2.10. The third-order valence-electron chi connectivity index (χ3n) is 3.06. The molecule has 0 spiro atoms. The summed E-state index contributed by atoms with van der Waals surface area (Å²) >= 11 is 0. The summed E-state index contributed by atoms with van der Waals surface area (Å²) in [7, 11) is 0. The number of nitro groups is 1. The number of phenols is 1. The number of aromatic hydroxyl groups is 1. The second kappa shape index (κ2) is 6.99. The molecular weight excluding hydrogens is 343 g/mol. The van der Waals surface area contributed by atoms with E-state index in [1.165, 1.54) is 24.3 Å². The molecule has 0 unspecified atom stereocenters. The maximum atomic E-state index is 12.7. The van der Waals surface area contributed by atoms with Gasteiger partial charge in [-0.15, -0.1) is 0 Å². The van der Waals surface area contributed by atoms with Crippen molar-refractivity contribution in [3.63, 3.8) is 0 Å². The summed E-state index contributed by atoms with van der Waals surface area (Å²) in [6.45, 7) is 0. The van der Waals surface area contributed by atoms with Gasteiger partial charge in [-0.2, -0.15) is 18.3 Å². The molecule has 0 bridgehead atoms. The van der Waals surface area contributed by atoms with E-state index >= 15 is 0 Å². The van der Waals surface area contributed by atoms with Crippen LogP contribution in [0.4, 0.5) is 18.9 Å². The number of carbonyl (C=O) groups excluding carboxylic acids is 1. The molecule has 2 aromatic rings. The first-order valence-electron chi connectivity index (χ1n) is 6.67. The Balaban J connectivity index is 2.15. The standard InChI is InChI=1S/C15H10F3N3O4/c16-15(17,18)12-6-2-4-10(13(12)22)8-19-20-14(23)9-3-1-5-11(7-9)21(24)25/h1-8,22H,(H,20,23)/b19-8+. The van der Waals surface area contributed by atoms with Crippen molar-refractivity contribution in [3.05, 3.63) is 69.3 Å². The van der Waals surface area contributed by atoms with E-state index in [1.807, 2.05) is 5.43 Å². The summed E-state index contributed by atoms with van der Waals surface area (Å²) in [4.78, 5) is 21.8. The van der Waals surface area contributed by atoms with Crippen LogP contribution in [0.5, 0.6) is 5.75 Å². The van der Waals surface area contributed by atoms with Gasteiger partial charge in [0.15, 0.2) is 0 Å². The molecule has 0 heterocycles. The maximum absolute atomic E-state index is 12.7. The lowest BCUT2D eigenvalue weighted by Crippen LogP contribution is -2.17. The van der Waals surface area contributed by atoms with Crippen molar-refractivity contribution in [1.29, 1.82) is 0 Å². The van der Waals surface area contributed by atoms with Crippen LogP contribution in [-0.4, -0.2) is 22.2 Å². The molecule has 0 fully saturated rings. The van der Waals surface area contributed by atoms with E-state index in [2.05, 4.69) is 5.10 Å². The number of hydrazone groups is 1. The van der Waals surface area contributed by atoms with E-state index in [1.54, 1.807) is 0 Å². The van der Waals surface area contributed by atoms with Crippen molar-refractivity contribution in [3.8, 4) is 5.75 Å². The zero-order chi connectivity index (χ0) is 18.6. The Bertz CT molecular complexity index is 850. The molecule has 2 rings (SSSR count). The topological polar surface area (TPSA) is 105 Å². The van der Waals surface area contributed by atoms with E-state index in [9.17, 15) is 33.2 Å². The molecule has 2 N–H and O–H groups in total. The second-order valence-corrected chi connectivity index (χ2v) is 4.75. The van der Waals surface area contributed by atoms with Gasteiger partial charge in [-0.05, 0) is 18.2 Å². The number of benzene rings is 2. The van der Waals surface area contributed by atoms with Gasteiger partial charge in [0.2, 0.25) is 0 Å². The molecule has 0 aliphatic carbocycles. The minimum Gasteiger partial charge on any atom is -0.507 e. The maximum Gasteiger partial charge on any atom is 0.419 e. The van der Waals surface area contributed by atoms with Crippen molar-refractivity contribution in [2.45, 2.75) is 6.18 Å². The summed E-state index contributed by atoms with van der Waals surface area (Å²) in [5, 5.41) is 23.7. The van der Waals surface area contributed by atoms with E-state index < -0.39 is 28.3 Å². The first kappa shape index (κ1) is 17.9. The van der Waals surface area contributed by atoms with E-state index in [4.69, 9.17) is 0 Å². The molecule has 130 valence electrons. The van der Waals surface area contributed by atoms with Crippen molar-refractivity contribution in [1.82, 2.24) is 5.43 Å². The summed E-state index contributed by atoms with van der Waals surface area (Å²) in [6, 6.07) is 7.77. The van der Waals surface area contributed by atoms with E-state index in [0.717, 1.165) is 18.3 Å². The van der Waals surface area contributed by atoms with Crippen LogP contribution < -0.4 is 5.43 Å². The van der Waals surface area contributed by atoms with Crippen molar-refractivity contribution < 1.29 is 28.0 Å². The number of hydrogen-bond donors (Lipinski definition) is 2. The van der Waals surface area contributed by atoms with Crippen LogP contribution >= 0.6 is 0 Å². The molecule has 0 saturated carbocycles. The molecule has 0 atom stereocenters. The molecule has 2 aromatic carbocycles. The van der Waals surface area contributed by atoms with Gasteiger partial charge in [0.1, 0.15) is 5.75 Å². The molecule has 10 heteroatoms. The highest BCUT2D eigenvalue weighted by atomic mass is 19.4. The number of non-ortho nitro benzene ring substituents is 1. The highest BCUT2D eigenvalue weighted by molar-refractivity contribution is 5.95. The second-order valence-electron chi connectivity index (χ2n) is 4.75. The summed E-state index contributed by atoms with van der Waals surface area (Å²) in [5.41, 5.74) is 0.170. The van der Waals surface area contributed by atoms with E-state index in [-0.39, 0.29) is 16.8 Å². The lowest BCUT2D eigenvalue weighted by atomic mass is 10.1. The normalized spacial score (nSPS) is 11.5. The SMILES string of the molecule is O=C(N/N=C/c1cccc(C(F)(F)F)c1O)c1cccc([N+](=O)[O-])c1. The molecule has 0 radical (unpaired) electrons. The quantitative estimate of drug-likeness (QED) is 0.500. The lowest BCUT2D eigenvalue weighted by molar-refractivity contribution is -0.384. The number of phenolic OH excluding ortho intramolecular Hbond substituents is 1. The molecular formula is C15H10F3N3O4. The predicted octanol–water partition coefficient (Wildman–Crippen LogP) is 3.08. The largest absolute Gasteiger partial charge is 0.507 e. The minimum absolute atomic E-state index is 0.0559. The van der Waals surface area contributed by atoms with Crippen molar-refractivity contribution >= 4 is 17.8 Å². The van der Waals surface area contributed by atoms with Crippen LogP contribution in [0.3, 0.4) is 0 Å². The van der Waals surface area contributed by atoms with Crippen molar-refractivity contribution in [2.75, 3.05) is 0 Å². The van der Waals surface area contributed by atoms with Crippen molar-refractivity contribution in [2.24, 2.45) is 5.10 Å². The molecule has 25 heavy (non-hydrogen) atoms. The molecule has 1 amide bonds. The number of amides is 1. The number of alkyl halides is 3. The Labute approximate surface area is 138 Å². The highest BCUT2D eigenvalue weighted by Crippen LogP contribution is 2.36. The summed E-state index contributed by atoms with van der Waals surface area (Å²) in [6.07, 6.45) is -3.90. The van der Waals surface area contributed by atoms with Gasteiger partial charge in [-0.3, -0.25) is 14.9 Å². The first-order chi connectivity index (χ1) is 11.7. The monoisotopic (exact) mass is 353 g/mol. The average molecular weight is 353 g/mol. The van der Waals surface area contributed by atoms with Crippen LogP contribution in [0.2, 0.25) is 0 Å². The third-order valence-corrected chi connectivity index (χ3v) is 3.06. The smallest absolute Gasteiger partial charge is 0.419 e. The summed E-state index contributed by atoms with van der Waals surface area (Å²) < 4.78 is 38.0. The Morgan fingerprint density at radius 2 is 1.92 bits per heavy atom. The van der Waals surface area contributed by atoms with Gasteiger partial charge < -0.3 is 5.11 Å². The number of nitrogens with one attached hydrogen (secondary N) is 1. The van der Waals surface area contributed by atoms with Crippen LogP contribution in [0.25, 0.3) is 0 Å². The van der Waals surface area contributed by atoms with Gasteiger partial charge in [0.25, 0.3) is 11.6 Å². The Kier molecular flexibility index (Phi) is 5.01. The minimum atomic E-state index is -4.74. The summed E-state index contributed by atoms with van der Waals surface area (Å²) in [5.74, 6) is -1.82. The fourth-order valence-corrected chi connectivity index (χ4v) is 1.88. The number of rotatable bonds is 4. The number of hydrogen-bond acceptors (Lipinski definition) is 5. The average Bonchev–Trinajstić information content (AvgIpc) is 2.55. The highest BCUT2D eigenvalue weighted by Gasteiger charge is 2.34. The first-order valence-corrected chi connectivity index (χ1v) is 6.67.